The Morgan fingerprint density at radius 3 is 2.61 bits per heavy atom. The van der Waals surface area contributed by atoms with Crippen LogP contribution in [0.15, 0.2) is 30.5 Å². The van der Waals surface area contributed by atoms with Gasteiger partial charge in [0.1, 0.15) is 5.82 Å². The number of pyridine rings is 1. The predicted molar refractivity (Wildman–Crippen MR) is 88.5 cm³/mol. The van der Waals surface area contributed by atoms with Crippen molar-refractivity contribution in [1.29, 1.82) is 0 Å². The van der Waals surface area contributed by atoms with Crippen molar-refractivity contribution in [3.05, 3.63) is 41.8 Å². The molecule has 0 amide bonds. The van der Waals surface area contributed by atoms with Crippen LogP contribution < -0.4 is 0 Å². The van der Waals surface area contributed by atoms with E-state index in [1.165, 1.54) is 6.07 Å². The zero-order valence-electron chi connectivity index (χ0n) is 12.5. The van der Waals surface area contributed by atoms with Gasteiger partial charge in [-0.15, -0.1) is 0 Å². The Balaban J connectivity index is 1.59. The molecular weight excluding hydrogens is 337 g/mol. The molecule has 23 heavy (non-hydrogen) atoms. The van der Waals surface area contributed by atoms with Gasteiger partial charge in [0, 0.05) is 22.3 Å². The lowest BCUT2D eigenvalue weighted by Crippen LogP contribution is -2.19. The number of hydrogen-bond acceptors (Lipinski definition) is 3. The van der Waals surface area contributed by atoms with Gasteiger partial charge in [0.15, 0.2) is 0 Å². The van der Waals surface area contributed by atoms with E-state index in [-0.39, 0.29) is 16.5 Å². The fourth-order valence-corrected chi connectivity index (χ4v) is 6.35. The lowest BCUT2D eigenvalue weighted by Gasteiger charge is -2.30. The minimum atomic E-state index is -3.45. The Hall–Kier alpha value is -1.20. The molecule has 1 atom stereocenters. The van der Waals surface area contributed by atoms with E-state index in [9.17, 15) is 12.8 Å². The number of rotatable bonds is 2. The molecule has 0 radical (unpaired) electrons. The maximum atomic E-state index is 13.6. The third-order valence-electron chi connectivity index (χ3n) is 5.61. The van der Waals surface area contributed by atoms with Gasteiger partial charge in [-0.2, -0.15) is 0 Å². The maximum Gasteiger partial charge on any atom is 0.236 e. The summed E-state index contributed by atoms with van der Waals surface area (Å²) < 4.78 is 36.7. The molecule has 122 valence electrons. The van der Waals surface area contributed by atoms with E-state index in [2.05, 4.69) is 4.98 Å². The van der Waals surface area contributed by atoms with Crippen molar-refractivity contribution in [2.75, 3.05) is 0 Å². The molecule has 0 aliphatic heterocycles. The highest BCUT2D eigenvalue weighted by molar-refractivity contribution is 8.14. The molecule has 1 unspecified atom stereocenters. The molecule has 1 aromatic heterocycles. The Kier molecular flexibility index (Phi) is 3.43. The molecule has 1 heterocycles. The normalized spacial score (nSPS) is 30.7. The summed E-state index contributed by atoms with van der Waals surface area (Å²) in [7, 11) is 2.08. The van der Waals surface area contributed by atoms with Crippen molar-refractivity contribution < 1.29 is 12.8 Å². The average molecular weight is 354 g/mol. The Labute approximate surface area is 139 Å². The first-order valence-corrected chi connectivity index (χ1v) is 10.2. The fourth-order valence-electron chi connectivity index (χ4n) is 4.23. The zero-order chi connectivity index (χ0) is 16.2. The highest BCUT2D eigenvalue weighted by Gasteiger charge is 2.61. The number of fused-ring (bicyclic) bond motifs is 1. The van der Waals surface area contributed by atoms with Crippen LogP contribution in [0.5, 0.6) is 0 Å². The van der Waals surface area contributed by atoms with Gasteiger partial charge in [-0.05, 0) is 73.3 Å². The van der Waals surface area contributed by atoms with Crippen LogP contribution in [-0.2, 0) is 9.05 Å². The maximum absolute atomic E-state index is 13.6. The molecule has 1 aromatic carbocycles. The Bertz CT molecular complexity index is 875. The monoisotopic (exact) mass is 353 g/mol. The molecule has 6 heteroatoms. The lowest BCUT2D eigenvalue weighted by molar-refractivity contribution is 0.307. The topological polar surface area (TPSA) is 47.0 Å². The van der Waals surface area contributed by atoms with E-state index >= 15 is 0 Å². The second kappa shape index (κ2) is 5.15. The average Bonchev–Trinajstić information content (AvgIpc) is 3.22. The molecule has 2 aromatic rings. The number of nitrogens with zero attached hydrogens (tertiary/aromatic N) is 1. The van der Waals surface area contributed by atoms with E-state index in [0.717, 1.165) is 42.1 Å². The summed E-state index contributed by atoms with van der Waals surface area (Å²) in [6.07, 6.45) is 6.03. The quantitative estimate of drug-likeness (QED) is 0.754. The van der Waals surface area contributed by atoms with Gasteiger partial charge in [0.05, 0.1) is 10.8 Å². The van der Waals surface area contributed by atoms with Crippen LogP contribution in [0.3, 0.4) is 0 Å². The minimum absolute atomic E-state index is 0.106. The van der Waals surface area contributed by atoms with Crippen molar-refractivity contribution in [2.45, 2.75) is 43.3 Å². The number of aromatic nitrogens is 1. The SMILES string of the molecule is O=S(=O)(Cl)C1CC12CCC(c1ccnc3ccc(F)cc13)CC2. The standard InChI is InChI=1S/C17H17ClFNO2S/c18-23(21,22)16-10-17(16)6-3-11(4-7-17)13-5-8-20-15-2-1-12(19)9-14(13)15/h1-2,5,8-9,11,16H,3-4,6-7,10H2. The van der Waals surface area contributed by atoms with Crippen molar-refractivity contribution in [1.82, 2.24) is 4.98 Å². The molecule has 0 N–H and O–H groups in total. The largest absolute Gasteiger partial charge is 0.256 e. The van der Waals surface area contributed by atoms with Gasteiger partial charge in [-0.25, -0.2) is 12.8 Å². The third kappa shape index (κ3) is 2.64. The van der Waals surface area contributed by atoms with Gasteiger partial charge in [0.2, 0.25) is 9.05 Å². The zero-order valence-corrected chi connectivity index (χ0v) is 14.1. The van der Waals surface area contributed by atoms with Gasteiger partial charge in [-0.1, -0.05) is 0 Å². The number of hydrogen-bond donors (Lipinski definition) is 0. The third-order valence-corrected chi connectivity index (χ3v) is 7.60. The highest BCUT2D eigenvalue weighted by Crippen LogP contribution is 2.62. The summed E-state index contributed by atoms with van der Waals surface area (Å²) in [4.78, 5) is 4.30. The van der Waals surface area contributed by atoms with Crippen LogP contribution in [-0.4, -0.2) is 18.7 Å². The molecule has 2 fully saturated rings. The molecule has 0 saturated heterocycles. The van der Waals surface area contributed by atoms with Crippen LogP contribution in [0.4, 0.5) is 4.39 Å². The second-order valence-electron chi connectivity index (χ2n) is 6.87. The van der Waals surface area contributed by atoms with Crippen LogP contribution in [0.25, 0.3) is 10.9 Å². The molecule has 2 saturated carbocycles. The van der Waals surface area contributed by atoms with Gasteiger partial charge >= 0.3 is 0 Å². The number of halogens is 2. The van der Waals surface area contributed by atoms with Crippen LogP contribution in [0.2, 0.25) is 0 Å². The fraction of sp³-hybridized carbons (Fsp3) is 0.471. The van der Waals surface area contributed by atoms with Gasteiger partial charge < -0.3 is 0 Å². The smallest absolute Gasteiger partial charge is 0.236 e. The summed E-state index contributed by atoms with van der Waals surface area (Å²) in [6, 6.07) is 6.64. The van der Waals surface area contributed by atoms with E-state index in [0.29, 0.717) is 12.3 Å². The van der Waals surface area contributed by atoms with E-state index in [1.807, 2.05) is 6.07 Å². The molecule has 1 spiro atoms. The van der Waals surface area contributed by atoms with Crippen molar-refractivity contribution in [2.24, 2.45) is 5.41 Å². The molecule has 2 aliphatic carbocycles. The van der Waals surface area contributed by atoms with Gasteiger partial charge in [0.25, 0.3) is 0 Å². The van der Waals surface area contributed by atoms with Gasteiger partial charge in [-0.3, -0.25) is 4.98 Å². The van der Waals surface area contributed by atoms with Crippen molar-refractivity contribution >= 4 is 30.6 Å². The first-order chi connectivity index (χ1) is 10.9. The van der Waals surface area contributed by atoms with E-state index < -0.39 is 9.05 Å². The van der Waals surface area contributed by atoms with E-state index in [4.69, 9.17) is 10.7 Å². The highest BCUT2D eigenvalue weighted by atomic mass is 35.7. The first-order valence-electron chi connectivity index (χ1n) is 7.87. The number of benzene rings is 1. The van der Waals surface area contributed by atoms with Crippen LogP contribution >= 0.6 is 10.7 Å². The lowest BCUT2D eigenvalue weighted by atomic mass is 9.76. The molecule has 4 rings (SSSR count). The molecule has 2 aliphatic rings. The summed E-state index contributed by atoms with van der Waals surface area (Å²) in [5.74, 6) is 0.0710. The molecular formula is C17H17ClFNO2S. The second-order valence-corrected chi connectivity index (χ2v) is 9.68. The summed E-state index contributed by atoms with van der Waals surface area (Å²) in [6.45, 7) is 0. The summed E-state index contributed by atoms with van der Waals surface area (Å²) >= 11 is 0. The summed E-state index contributed by atoms with van der Waals surface area (Å²) in [5.41, 5.74) is 1.82. The van der Waals surface area contributed by atoms with E-state index in [1.54, 1.807) is 18.3 Å². The van der Waals surface area contributed by atoms with Crippen molar-refractivity contribution in [3.63, 3.8) is 0 Å². The predicted octanol–water partition coefficient (Wildman–Crippen LogP) is 4.36. The summed E-state index contributed by atoms with van der Waals surface area (Å²) in [5, 5.41) is 0.495. The van der Waals surface area contributed by atoms with Crippen molar-refractivity contribution in [3.8, 4) is 0 Å². The first kappa shape index (κ1) is 15.3. The Morgan fingerprint density at radius 2 is 1.96 bits per heavy atom. The molecule has 3 nitrogen and oxygen atoms in total. The van der Waals surface area contributed by atoms with Crippen LogP contribution in [0.1, 0.15) is 43.6 Å². The minimum Gasteiger partial charge on any atom is -0.256 e. The molecule has 0 bridgehead atoms. The van der Waals surface area contributed by atoms with Crippen LogP contribution in [0, 0.1) is 11.2 Å². The Morgan fingerprint density at radius 1 is 1.22 bits per heavy atom.